The van der Waals surface area contributed by atoms with Gasteiger partial charge in [-0.3, -0.25) is 29.1 Å². The van der Waals surface area contributed by atoms with Crippen LogP contribution in [0.5, 0.6) is 0 Å². The molecular formula is C39H40FN5O8S. The second kappa shape index (κ2) is 14.1. The number of benzene rings is 3. The summed E-state index contributed by atoms with van der Waals surface area (Å²) in [5.74, 6) is -5.88. The number of hydrogen-bond donors (Lipinski definition) is 3. The van der Waals surface area contributed by atoms with Gasteiger partial charge in [-0.2, -0.15) is 0 Å². The minimum atomic E-state index is -3.95. The molecule has 0 unspecified atom stereocenters. The van der Waals surface area contributed by atoms with Crippen molar-refractivity contribution in [3.05, 3.63) is 108 Å². The van der Waals surface area contributed by atoms with Gasteiger partial charge in [0.1, 0.15) is 35.3 Å². The maximum Gasteiger partial charge on any atom is 0.280 e. The van der Waals surface area contributed by atoms with Crippen LogP contribution in [0.15, 0.2) is 90.6 Å². The summed E-state index contributed by atoms with van der Waals surface area (Å²) < 4.78 is 42.1. The van der Waals surface area contributed by atoms with E-state index in [0.717, 1.165) is 33.2 Å². The van der Waals surface area contributed by atoms with Crippen LogP contribution in [0.4, 0.5) is 4.39 Å². The normalized spacial score (nSPS) is 23.2. The number of nitrogens with one attached hydrogen (secondary N) is 2. The van der Waals surface area contributed by atoms with Gasteiger partial charge in [-0.25, -0.2) is 17.9 Å². The molecule has 282 valence electrons. The minimum absolute atomic E-state index is 0.0809. The van der Waals surface area contributed by atoms with E-state index < -0.39 is 85.8 Å². The Morgan fingerprint density at radius 1 is 1.00 bits per heavy atom. The number of halogens is 1. The SMILES string of the molecule is C=C[C@@H]1C[C@@]1(NC(=O)[C@@H]1C[C@@H](ON=C2c3ccccc3-c3ccccc32)CN1C(=O)[C@@H](C(C)C)N(O)C(=O)c1ccccc1F)C(=O)NS(=O)(=O)C1CC1. The molecule has 1 aliphatic heterocycles. The Bertz CT molecular complexity index is 2140. The maximum atomic E-state index is 14.6. The molecule has 3 aromatic carbocycles. The molecule has 0 spiro atoms. The second-order valence-corrected chi connectivity index (χ2v) is 16.5. The molecule has 0 bridgehead atoms. The van der Waals surface area contributed by atoms with Crippen LogP contribution in [0.1, 0.15) is 61.0 Å². The van der Waals surface area contributed by atoms with Gasteiger partial charge < -0.3 is 15.1 Å². The summed E-state index contributed by atoms with van der Waals surface area (Å²) in [6.45, 7) is 6.69. The van der Waals surface area contributed by atoms with Crippen molar-refractivity contribution in [2.24, 2.45) is 17.0 Å². The summed E-state index contributed by atoms with van der Waals surface area (Å²) in [7, 11) is -3.95. The van der Waals surface area contributed by atoms with E-state index in [1.807, 2.05) is 48.5 Å². The van der Waals surface area contributed by atoms with Crippen LogP contribution in [0.25, 0.3) is 11.1 Å². The first-order valence-corrected chi connectivity index (χ1v) is 19.3. The number of fused-ring (bicyclic) bond motifs is 3. The van der Waals surface area contributed by atoms with Crippen molar-refractivity contribution in [3.63, 3.8) is 0 Å². The van der Waals surface area contributed by atoms with Crippen molar-refractivity contribution in [2.45, 2.75) is 68.5 Å². The van der Waals surface area contributed by atoms with Gasteiger partial charge in [0.25, 0.3) is 11.8 Å². The molecule has 13 nitrogen and oxygen atoms in total. The zero-order chi connectivity index (χ0) is 38.5. The van der Waals surface area contributed by atoms with Crippen molar-refractivity contribution in [2.75, 3.05) is 6.54 Å². The summed E-state index contributed by atoms with van der Waals surface area (Å²) in [4.78, 5) is 62.7. The van der Waals surface area contributed by atoms with Crippen LogP contribution >= 0.6 is 0 Å². The number of carbonyl (C=O) groups excluding carboxylic acids is 4. The van der Waals surface area contributed by atoms with Gasteiger partial charge in [0.15, 0.2) is 0 Å². The molecule has 2 saturated carbocycles. The van der Waals surface area contributed by atoms with Crippen LogP contribution in [-0.4, -0.2) is 88.4 Å². The van der Waals surface area contributed by atoms with E-state index in [1.165, 1.54) is 24.3 Å². The number of likely N-dealkylation sites (tertiary alicyclic amines) is 1. The zero-order valence-electron chi connectivity index (χ0n) is 29.6. The van der Waals surface area contributed by atoms with Gasteiger partial charge in [-0.15, -0.1) is 6.58 Å². The summed E-state index contributed by atoms with van der Waals surface area (Å²) in [5.41, 5.74) is 2.07. The fourth-order valence-electron chi connectivity index (χ4n) is 7.33. The van der Waals surface area contributed by atoms with Gasteiger partial charge in [0.2, 0.25) is 21.8 Å². The van der Waals surface area contributed by atoms with Crippen LogP contribution < -0.4 is 10.0 Å². The summed E-state index contributed by atoms with van der Waals surface area (Å²) in [5, 5.41) is 17.9. The predicted octanol–water partition coefficient (Wildman–Crippen LogP) is 3.77. The number of hydrogen-bond acceptors (Lipinski definition) is 9. The fourth-order valence-corrected chi connectivity index (χ4v) is 8.70. The highest BCUT2D eigenvalue weighted by atomic mass is 32.2. The topological polar surface area (TPSA) is 175 Å². The Labute approximate surface area is 311 Å². The van der Waals surface area contributed by atoms with Crippen molar-refractivity contribution >= 4 is 39.4 Å². The molecule has 1 heterocycles. The first-order chi connectivity index (χ1) is 25.8. The molecule has 1 saturated heterocycles. The maximum absolute atomic E-state index is 14.6. The molecule has 3 aromatic rings. The molecule has 0 radical (unpaired) electrons. The molecule has 54 heavy (non-hydrogen) atoms. The first kappa shape index (κ1) is 36.9. The average molecular weight is 758 g/mol. The van der Waals surface area contributed by atoms with Crippen molar-refractivity contribution in [1.29, 1.82) is 0 Å². The van der Waals surface area contributed by atoms with Gasteiger partial charge in [0, 0.05) is 23.5 Å². The third-order valence-electron chi connectivity index (χ3n) is 10.5. The molecule has 0 aromatic heterocycles. The number of hydroxylamine groups is 2. The van der Waals surface area contributed by atoms with E-state index >= 15 is 0 Å². The van der Waals surface area contributed by atoms with Crippen LogP contribution in [0, 0.1) is 17.7 Å². The molecule has 3 aliphatic carbocycles. The van der Waals surface area contributed by atoms with Gasteiger partial charge >= 0.3 is 0 Å². The van der Waals surface area contributed by atoms with E-state index in [0.29, 0.717) is 18.6 Å². The van der Waals surface area contributed by atoms with Crippen LogP contribution in [0.3, 0.4) is 0 Å². The number of nitrogens with zero attached hydrogens (tertiary/aromatic N) is 3. The Hall–Kier alpha value is -5.41. The lowest BCUT2D eigenvalue weighted by Crippen LogP contribution is -2.59. The van der Waals surface area contributed by atoms with Gasteiger partial charge in [-0.1, -0.05) is 85.7 Å². The molecule has 7 rings (SSSR count). The summed E-state index contributed by atoms with van der Waals surface area (Å²) in [6.07, 6.45) is 1.41. The minimum Gasteiger partial charge on any atom is -0.390 e. The highest BCUT2D eigenvalue weighted by Crippen LogP contribution is 2.45. The standard InChI is InChI=1S/C39H40FN5O8S/c1-4-23-20-39(23,38(49)43-54(51,52)25-17-18-25)41-35(46)32-19-24(53-42-33-28-13-7-5-11-26(28)27-12-6-8-14-29(27)33)21-44(32)37(48)34(22(2)3)45(50)36(47)30-15-9-10-16-31(30)40/h4-16,22-25,32,34,50H,1,17-21H2,2-3H3,(H,41,46)(H,43,49)/t23-,24-,32+,34-,39+/m1/s1. The van der Waals surface area contributed by atoms with E-state index in [9.17, 15) is 37.2 Å². The monoisotopic (exact) mass is 757 g/mol. The third kappa shape index (κ3) is 6.66. The zero-order valence-corrected chi connectivity index (χ0v) is 30.5. The van der Waals surface area contributed by atoms with E-state index in [-0.39, 0.29) is 24.4 Å². The largest absolute Gasteiger partial charge is 0.390 e. The van der Waals surface area contributed by atoms with Crippen molar-refractivity contribution < 1.29 is 42.0 Å². The average Bonchev–Trinajstić information content (AvgIpc) is 4.06. The van der Waals surface area contributed by atoms with Crippen LogP contribution in [-0.2, 0) is 29.2 Å². The quantitative estimate of drug-likeness (QED) is 0.111. The molecule has 5 atom stereocenters. The highest BCUT2D eigenvalue weighted by molar-refractivity contribution is 7.91. The Morgan fingerprint density at radius 3 is 2.15 bits per heavy atom. The molecule has 4 aliphatic rings. The Kier molecular flexibility index (Phi) is 9.64. The molecule has 3 fully saturated rings. The lowest BCUT2D eigenvalue weighted by Gasteiger charge is -2.34. The lowest BCUT2D eigenvalue weighted by atomic mass is 10.0. The summed E-state index contributed by atoms with van der Waals surface area (Å²) in [6, 6.07) is 17.5. The van der Waals surface area contributed by atoms with E-state index in [1.54, 1.807) is 13.8 Å². The highest BCUT2D eigenvalue weighted by Gasteiger charge is 2.62. The van der Waals surface area contributed by atoms with E-state index in [2.05, 4.69) is 21.8 Å². The number of carbonyl (C=O) groups is 4. The molecule has 15 heteroatoms. The summed E-state index contributed by atoms with van der Waals surface area (Å²) >= 11 is 0. The number of oxime groups is 1. The third-order valence-corrected chi connectivity index (χ3v) is 12.3. The lowest BCUT2D eigenvalue weighted by molar-refractivity contribution is -0.159. The second-order valence-electron chi connectivity index (χ2n) is 14.5. The van der Waals surface area contributed by atoms with Crippen LogP contribution in [0.2, 0.25) is 0 Å². The van der Waals surface area contributed by atoms with Gasteiger partial charge in [-0.05, 0) is 48.4 Å². The molecule has 3 N–H and O–H groups in total. The molecular weight excluding hydrogens is 718 g/mol. The first-order valence-electron chi connectivity index (χ1n) is 17.8. The fraction of sp³-hybridized carbons (Fsp3) is 0.359. The van der Waals surface area contributed by atoms with Crippen molar-refractivity contribution in [3.8, 4) is 11.1 Å². The number of sulfonamides is 1. The van der Waals surface area contributed by atoms with Crippen molar-refractivity contribution in [1.82, 2.24) is 20.0 Å². The van der Waals surface area contributed by atoms with E-state index in [4.69, 9.17) is 4.84 Å². The predicted molar refractivity (Wildman–Crippen MR) is 195 cm³/mol. The van der Waals surface area contributed by atoms with Gasteiger partial charge in [0.05, 0.1) is 17.4 Å². The smallest absolute Gasteiger partial charge is 0.280 e. The molecule has 4 amide bonds. The number of rotatable bonds is 12. The Morgan fingerprint density at radius 2 is 1.59 bits per heavy atom. The number of amides is 4. The Balaban J connectivity index is 1.19.